The number of carbonyl (C=O) groups excluding carboxylic acids is 2. The molecule has 136 valence electrons. The van der Waals surface area contributed by atoms with Crippen LogP contribution in [-0.2, 0) is 4.79 Å². The van der Waals surface area contributed by atoms with Gasteiger partial charge in [-0.05, 0) is 37.3 Å². The monoisotopic (exact) mass is 399 g/mol. The fraction of sp³-hybridized carbons (Fsp3) is 0.105. The second-order valence-electron chi connectivity index (χ2n) is 5.96. The van der Waals surface area contributed by atoms with Gasteiger partial charge in [0.1, 0.15) is 16.5 Å². The van der Waals surface area contributed by atoms with Gasteiger partial charge in [0.15, 0.2) is 6.10 Å². The fourth-order valence-electron chi connectivity index (χ4n) is 2.61. The van der Waals surface area contributed by atoms with Crippen LogP contribution in [0.1, 0.15) is 17.4 Å². The summed E-state index contributed by atoms with van der Waals surface area (Å²) in [5, 5.41) is 8.55. The second-order valence-corrected chi connectivity index (χ2v) is 7.26. The van der Waals surface area contributed by atoms with E-state index in [1.807, 2.05) is 12.1 Å². The Balaban J connectivity index is 1.52. The zero-order chi connectivity index (χ0) is 19.0. The molecule has 0 saturated heterocycles. The summed E-state index contributed by atoms with van der Waals surface area (Å²) in [6.07, 6.45) is -0.544. The molecule has 3 aromatic rings. The molecule has 2 heterocycles. The van der Waals surface area contributed by atoms with Gasteiger partial charge in [0, 0.05) is 21.7 Å². The number of halogens is 1. The quantitative estimate of drug-likeness (QED) is 0.682. The first-order chi connectivity index (χ1) is 13.0. The maximum atomic E-state index is 12.5. The van der Waals surface area contributed by atoms with Gasteiger partial charge in [0.25, 0.3) is 11.8 Å². The van der Waals surface area contributed by atoms with Crippen LogP contribution in [0.15, 0.2) is 47.8 Å². The average molecular weight is 400 g/mol. The standard InChI is InChI=1S/C19H14ClN3O3S/c1-10-17(24)22-14-8-13(5-6-16(14)26-10)21-18(25)15-9-27-19(23-15)11-3-2-4-12(20)7-11/h2-10H,1H3,(H,21,25)(H,22,24). The van der Waals surface area contributed by atoms with Crippen molar-refractivity contribution in [2.24, 2.45) is 0 Å². The lowest BCUT2D eigenvalue weighted by molar-refractivity contribution is -0.122. The Morgan fingerprint density at radius 3 is 2.96 bits per heavy atom. The van der Waals surface area contributed by atoms with Crippen LogP contribution in [0.5, 0.6) is 5.75 Å². The molecular formula is C19H14ClN3O3S. The Morgan fingerprint density at radius 1 is 1.30 bits per heavy atom. The van der Waals surface area contributed by atoms with Crippen molar-refractivity contribution in [1.29, 1.82) is 0 Å². The maximum Gasteiger partial charge on any atom is 0.275 e. The Hall–Kier alpha value is -2.90. The SMILES string of the molecule is CC1Oc2ccc(NC(=O)c3csc(-c4cccc(Cl)c4)n3)cc2NC1=O. The van der Waals surface area contributed by atoms with E-state index in [1.165, 1.54) is 11.3 Å². The van der Waals surface area contributed by atoms with Crippen molar-refractivity contribution >= 4 is 46.1 Å². The minimum atomic E-state index is -0.544. The lowest BCUT2D eigenvalue weighted by atomic mass is 10.2. The van der Waals surface area contributed by atoms with Gasteiger partial charge in [-0.1, -0.05) is 23.7 Å². The summed E-state index contributed by atoms with van der Waals surface area (Å²) < 4.78 is 5.50. The van der Waals surface area contributed by atoms with Gasteiger partial charge >= 0.3 is 0 Å². The first-order valence-corrected chi connectivity index (χ1v) is 9.40. The maximum absolute atomic E-state index is 12.5. The molecule has 2 N–H and O–H groups in total. The molecule has 0 radical (unpaired) electrons. The molecule has 27 heavy (non-hydrogen) atoms. The highest BCUT2D eigenvalue weighted by Gasteiger charge is 2.24. The normalized spacial score (nSPS) is 15.5. The van der Waals surface area contributed by atoms with Crippen LogP contribution in [0, 0.1) is 0 Å². The first kappa shape index (κ1) is 17.5. The molecule has 1 aliphatic rings. The highest BCUT2D eigenvalue weighted by molar-refractivity contribution is 7.13. The highest BCUT2D eigenvalue weighted by Crippen LogP contribution is 2.32. The molecule has 1 atom stereocenters. The molecule has 0 spiro atoms. The predicted molar refractivity (Wildman–Crippen MR) is 106 cm³/mol. The van der Waals surface area contributed by atoms with E-state index in [1.54, 1.807) is 42.6 Å². The number of ether oxygens (including phenoxy) is 1. The number of rotatable bonds is 3. The molecule has 0 bridgehead atoms. The fourth-order valence-corrected chi connectivity index (χ4v) is 3.60. The van der Waals surface area contributed by atoms with E-state index in [2.05, 4.69) is 15.6 Å². The number of aromatic nitrogens is 1. The third-order valence-electron chi connectivity index (χ3n) is 3.98. The smallest absolute Gasteiger partial charge is 0.275 e. The Bertz CT molecular complexity index is 1050. The van der Waals surface area contributed by atoms with Crippen molar-refractivity contribution < 1.29 is 14.3 Å². The molecule has 6 nitrogen and oxygen atoms in total. The number of nitrogens with zero attached hydrogens (tertiary/aromatic N) is 1. The zero-order valence-corrected chi connectivity index (χ0v) is 15.7. The Labute approximate surface area is 164 Å². The first-order valence-electron chi connectivity index (χ1n) is 8.14. The molecule has 2 aromatic carbocycles. The van der Waals surface area contributed by atoms with E-state index in [0.29, 0.717) is 32.8 Å². The van der Waals surface area contributed by atoms with E-state index < -0.39 is 6.10 Å². The van der Waals surface area contributed by atoms with Crippen molar-refractivity contribution in [2.75, 3.05) is 10.6 Å². The zero-order valence-electron chi connectivity index (χ0n) is 14.2. The van der Waals surface area contributed by atoms with Crippen molar-refractivity contribution in [3.8, 4) is 16.3 Å². The average Bonchev–Trinajstić information content (AvgIpc) is 3.13. The van der Waals surface area contributed by atoms with Gasteiger partial charge < -0.3 is 15.4 Å². The number of benzene rings is 2. The third kappa shape index (κ3) is 3.65. The molecule has 0 aliphatic carbocycles. The minimum Gasteiger partial charge on any atom is -0.479 e. The lowest BCUT2D eigenvalue weighted by Gasteiger charge is -2.23. The van der Waals surface area contributed by atoms with E-state index in [0.717, 1.165) is 5.56 Å². The summed E-state index contributed by atoms with van der Waals surface area (Å²) in [4.78, 5) is 28.6. The second kappa shape index (κ2) is 7.02. The number of anilines is 2. The van der Waals surface area contributed by atoms with Crippen LogP contribution in [-0.4, -0.2) is 22.9 Å². The minimum absolute atomic E-state index is 0.225. The van der Waals surface area contributed by atoms with Crippen LogP contribution < -0.4 is 15.4 Å². The molecule has 2 amide bonds. The Kier molecular flexibility index (Phi) is 4.55. The molecule has 1 unspecified atom stereocenters. The van der Waals surface area contributed by atoms with Gasteiger partial charge in [-0.3, -0.25) is 9.59 Å². The highest BCUT2D eigenvalue weighted by atomic mass is 35.5. The van der Waals surface area contributed by atoms with E-state index in [4.69, 9.17) is 16.3 Å². The van der Waals surface area contributed by atoms with Gasteiger partial charge in [0.2, 0.25) is 0 Å². The number of hydrogen-bond acceptors (Lipinski definition) is 5. The van der Waals surface area contributed by atoms with Gasteiger partial charge in [-0.2, -0.15) is 0 Å². The van der Waals surface area contributed by atoms with Gasteiger partial charge in [0.05, 0.1) is 5.69 Å². The predicted octanol–water partition coefficient (Wildman–Crippen LogP) is 4.44. The molecule has 1 aromatic heterocycles. The summed E-state index contributed by atoms with van der Waals surface area (Å²) in [5.74, 6) is 0.00421. The summed E-state index contributed by atoms with van der Waals surface area (Å²) in [5.41, 5.74) is 2.22. The van der Waals surface area contributed by atoms with Crippen LogP contribution in [0.4, 0.5) is 11.4 Å². The van der Waals surface area contributed by atoms with E-state index in [-0.39, 0.29) is 11.8 Å². The number of nitrogens with one attached hydrogen (secondary N) is 2. The van der Waals surface area contributed by atoms with E-state index in [9.17, 15) is 9.59 Å². The molecule has 4 rings (SSSR count). The molecule has 8 heteroatoms. The van der Waals surface area contributed by atoms with Crippen molar-refractivity contribution in [3.63, 3.8) is 0 Å². The van der Waals surface area contributed by atoms with Crippen LogP contribution in [0.25, 0.3) is 10.6 Å². The Morgan fingerprint density at radius 2 is 2.15 bits per heavy atom. The molecule has 1 aliphatic heterocycles. The number of amides is 2. The summed E-state index contributed by atoms with van der Waals surface area (Å²) >= 11 is 7.37. The van der Waals surface area contributed by atoms with E-state index >= 15 is 0 Å². The molecular weight excluding hydrogens is 386 g/mol. The molecule has 0 saturated carbocycles. The van der Waals surface area contributed by atoms with Crippen molar-refractivity contribution in [2.45, 2.75) is 13.0 Å². The summed E-state index contributed by atoms with van der Waals surface area (Å²) in [6.45, 7) is 1.67. The summed E-state index contributed by atoms with van der Waals surface area (Å²) in [6, 6.07) is 12.4. The number of thiazole rings is 1. The van der Waals surface area contributed by atoms with Crippen molar-refractivity contribution in [1.82, 2.24) is 4.98 Å². The van der Waals surface area contributed by atoms with Crippen LogP contribution >= 0.6 is 22.9 Å². The number of hydrogen-bond donors (Lipinski definition) is 2. The van der Waals surface area contributed by atoms with Crippen LogP contribution in [0.2, 0.25) is 5.02 Å². The molecule has 0 fully saturated rings. The largest absolute Gasteiger partial charge is 0.479 e. The van der Waals surface area contributed by atoms with Gasteiger partial charge in [-0.25, -0.2) is 4.98 Å². The topological polar surface area (TPSA) is 80.3 Å². The lowest BCUT2D eigenvalue weighted by Crippen LogP contribution is -2.34. The number of carbonyl (C=O) groups is 2. The summed E-state index contributed by atoms with van der Waals surface area (Å²) in [7, 11) is 0. The third-order valence-corrected chi connectivity index (χ3v) is 5.10. The van der Waals surface area contributed by atoms with Crippen LogP contribution in [0.3, 0.4) is 0 Å². The number of fused-ring (bicyclic) bond motifs is 1. The van der Waals surface area contributed by atoms with Crippen molar-refractivity contribution in [3.05, 3.63) is 58.6 Å². The van der Waals surface area contributed by atoms with Gasteiger partial charge in [-0.15, -0.1) is 11.3 Å².